The number of hydrogen-bond donors (Lipinski definition) is 1. The molecule has 0 saturated heterocycles. The van der Waals surface area contributed by atoms with Gasteiger partial charge in [-0.3, -0.25) is 14.4 Å². The highest BCUT2D eigenvalue weighted by molar-refractivity contribution is 5.99. The van der Waals surface area contributed by atoms with Gasteiger partial charge in [-0.15, -0.1) is 0 Å². The quantitative estimate of drug-likeness (QED) is 0.339. The lowest BCUT2D eigenvalue weighted by atomic mass is 9.93. The number of esters is 1. The molecule has 0 bridgehead atoms. The predicted octanol–water partition coefficient (Wildman–Crippen LogP) is 2.96. The zero-order valence-corrected chi connectivity index (χ0v) is 12.5. The predicted molar refractivity (Wildman–Crippen MR) is 75.4 cm³/mol. The van der Waals surface area contributed by atoms with Crippen molar-refractivity contribution in [2.45, 2.75) is 65.2 Å². The summed E-state index contributed by atoms with van der Waals surface area (Å²) < 4.78 is 4.93. The SMILES string of the molecule is CCCCCCC(C(=O)CCCC(=O)O)C(=O)OCC. The fraction of sp³-hybridized carbons (Fsp3) is 0.800. The van der Waals surface area contributed by atoms with E-state index in [2.05, 4.69) is 6.92 Å². The van der Waals surface area contributed by atoms with E-state index in [9.17, 15) is 14.4 Å². The van der Waals surface area contributed by atoms with Crippen molar-refractivity contribution in [3.63, 3.8) is 0 Å². The molecular weight excluding hydrogens is 260 g/mol. The average Bonchev–Trinajstić information content (AvgIpc) is 2.38. The molecule has 5 nitrogen and oxygen atoms in total. The molecule has 1 atom stereocenters. The van der Waals surface area contributed by atoms with Crippen LogP contribution in [0.2, 0.25) is 0 Å². The highest BCUT2D eigenvalue weighted by Gasteiger charge is 2.26. The van der Waals surface area contributed by atoms with Gasteiger partial charge in [0.15, 0.2) is 0 Å². The summed E-state index contributed by atoms with van der Waals surface area (Å²) >= 11 is 0. The number of carbonyl (C=O) groups excluding carboxylic acids is 2. The number of aliphatic carboxylic acids is 1. The van der Waals surface area contributed by atoms with Crippen LogP contribution in [0.5, 0.6) is 0 Å². The first-order chi connectivity index (χ1) is 9.52. The Kier molecular flexibility index (Phi) is 10.6. The van der Waals surface area contributed by atoms with E-state index in [1.807, 2.05) is 0 Å². The minimum Gasteiger partial charge on any atom is -0.481 e. The van der Waals surface area contributed by atoms with Gasteiger partial charge in [0, 0.05) is 12.8 Å². The highest BCUT2D eigenvalue weighted by Crippen LogP contribution is 2.17. The molecule has 0 aromatic heterocycles. The fourth-order valence-electron chi connectivity index (χ4n) is 2.02. The molecular formula is C15H26O5. The molecule has 0 aromatic carbocycles. The first-order valence-corrected chi connectivity index (χ1v) is 7.44. The van der Waals surface area contributed by atoms with Crippen LogP contribution >= 0.6 is 0 Å². The number of carboxylic acid groups (broad SMARTS) is 1. The summed E-state index contributed by atoms with van der Waals surface area (Å²) in [5.74, 6) is -2.31. The lowest BCUT2D eigenvalue weighted by Gasteiger charge is -2.14. The van der Waals surface area contributed by atoms with Gasteiger partial charge >= 0.3 is 11.9 Å². The zero-order valence-electron chi connectivity index (χ0n) is 12.5. The van der Waals surface area contributed by atoms with Crippen LogP contribution in [0.1, 0.15) is 65.2 Å². The Morgan fingerprint density at radius 1 is 1.00 bits per heavy atom. The molecule has 1 N–H and O–H groups in total. The van der Waals surface area contributed by atoms with Crippen molar-refractivity contribution < 1.29 is 24.2 Å². The number of carboxylic acids is 1. The maximum Gasteiger partial charge on any atom is 0.316 e. The summed E-state index contributed by atoms with van der Waals surface area (Å²) in [7, 11) is 0. The molecule has 0 amide bonds. The second-order valence-corrected chi connectivity index (χ2v) is 4.87. The van der Waals surface area contributed by atoms with Gasteiger partial charge < -0.3 is 9.84 Å². The molecule has 1 unspecified atom stereocenters. The van der Waals surface area contributed by atoms with Crippen LogP contribution in [0, 0.1) is 5.92 Å². The second-order valence-electron chi connectivity index (χ2n) is 4.87. The smallest absolute Gasteiger partial charge is 0.316 e. The molecule has 0 aliphatic rings. The zero-order chi connectivity index (χ0) is 15.4. The molecule has 0 aromatic rings. The minimum absolute atomic E-state index is 0.0445. The van der Waals surface area contributed by atoms with Crippen LogP contribution in [-0.2, 0) is 19.1 Å². The van der Waals surface area contributed by atoms with Gasteiger partial charge in [0.25, 0.3) is 0 Å². The number of Topliss-reactive ketones (excluding diaryl/α,β-unsaturated/α-hetero) is 1. The monoisotopic (exact) mass is 286 g/mol. The summed E-state index contributed by atoms with van der Waals surface area (Å²) in [5, 5.41) is 8.56. The van der Waals surface area contributed by atoms with Crippen molar-refractivity contribution in [3.05, 3.63) is 0 Å². The first kappa shape index (κ1) is 18.6. The van der Waals surface area contributed by atoms with E-state index in [0.29, 0.717) is 6.42 Å². The van der Waals surface area contributed by atoms with Gasteiger partial charge in [-0.05, 0) is 19.8 Å². The summed E-state index contributed by atoms with van der Waals surface area (Å²) in [5.41, 5.74) is 0. The number of ether oxygens (including phenoxy) is 1. The Morgan fingerprint density at radius 2 is 1.70 bits per heavy atom. The molecule has 0 saturated carbocycles. The molecule has 0 spiro atoms. The van der Waals surface area contributed by atoms with E-state index in [1.165, 1.54) is 0 Å². The molecule has 0 heterocycles. The standard InChI is InChI=1S/C15H26O5/c1-3-5-6-7-9-12(15(19)20-4-2)13(16)10-8-11-14(17)18/h12H,3-11H2,1-2H3,(H,17,18). The Morgan fingerprint density at radius 3 is 2.25 bits per heavy atom. The number of rotatable bonds is 12. The molecule has 0 aliphatic heterocycles. The highest BCUT2D eigenvalue weighted by atomic mass is 16.5. The third-order valence-electron chi connectivity index (χ3n) is 3.12. The van der Waals surface area contributed by atoms with Crippen LogP contribution in [0.15, 0.2) is 0 Å². The average molecular weight is 286 g/mol. The molecule has 116 valence electrons. The second kappa shape index (κ2) is 11.4. The van der Waals surface area contributed by atoms with Crippen molar-refractivity contribution in [3.8, 4) is 0 Å². The van der Waals surface area contributed by atoms with Crippen molar-refractivity contribution in [2.24, 2.45) is 5.92 Å². The maximum atomic E-state index is 12.0. The number of ketones is 1. The molecule has 0 fully saturated rings. The third kappa shape index (κ3) is 8.67. The molecule has 0 radical (unpaired) electrons. The Hall–Kier alpha value is -1.39. The Balaban J connectivity index is 4.30. The van der Waals surface area contributed by atoms with E-state index in [0.717, 1.165) is 25.7 Å². The van der Waals surface area contributed by atoms with E-state index in [4.69, 9.17) is 9.84 Å². The fourth-order valence-corrected chi connectivity index (χ4v) is 2.02. The van der Waals surface area contributed by atoms with Gasteiger partial charge in [-0.25, -0.2) is 0 Å². The van der Waals surface area contributed by atoms with Crippen LogP contribution in [-0.4, -0.2) is 29.4 Å². The number of carbonyl (C=O) groups is 3. The topological polar surface area (TPSA) is 80.7 Å². The molecule has 0 rings (SSSR count). The third-order valence-corrected chi connectivity index (χ3v) is 3.12. The van der Waals surface area contributed by atoms with Gasteiger partial charge in [0.05, 0.1) is 6.61 Å². The number of unbranched alkanes of at least 4 members (excludes halogenated alkanes) is 3. The van der Waals surface area contributed by atoms with Gasteiger partial charge in [-0.2, -0.15) is 0 Å². The van der Waals surface area contributed by atoms with Crippen molar-refractivity contribution >= 4 is 17.7 Å². The van der Waals surface area contributed by atoms with E-state index in [-0.39, 0.29) is 31.7 Å². The normalized spacial score (nSPS) is 11.9. The van der Waals surface area contributed by atoms with E-state index in [1.54, 1.807) is 6.92 Å². The molecule has 5 heteroatoms. The van der Waals surface area contributed by atoms with Gasteiger partial charge in [0.2, 0.25) is 0 Å². The van der Waals surface area contributed by atoms with Gasteiger partial charge in [-0.1, -0.05) is 32.6 Å². The maximum absolute atomic E-state index is 12.0. The summed E-state index contributed by atoms with van der Waals surface area (Å²) in [4.78, 5) is 34.2. The van der Waals surface area contributed by atoms with E-state index < -0.39 is 17.9 Å². The number of hydrogen-bond acceptors (Lipinski definition) is 4. The summed E-state index contributed by atoms with van der Waals surface area (Å²) in [6, 6.07) is 0. The Bertz CT molecular complexity index is 311. The minimum atomic E-state index is -0.923. The van der Waals surface area contributed by atoms with Crippen molar-refractivity contribution in [1.82, 2.24) is 0 Å². The van der Waals surface area contributed by atoms with Crippen LogP contribution in [0.3, 0.4) is 0 Å². The van der Waals surface area contributed by atoms with Crippen LogP contribution in [0.25, 0.3) is 0 Å². The van der Waals surface area contributed by atoms with Crippen molar-refractivity contribution in [1.29, 1.82) is 0 Å². The molecule has 0 aliphatic carbocycles. The largest absolute Gasteiger partial charge is 0.481 e. The van der Waals surface area contributed by atoms with Crippen molar-refractivity contribution in [2.75, 3.05) is 6.61 Å². The Labute approximate surface area is 120 Å². The van der Waals surface area contributed by atoms with Gasteiger partial charge in [0.1, 0.15) is 11.7 Å². The van der Waals surface area contributed by atoms with Crippen LogP contribution < -0.4 is 0 Å². The lowest BCUT2D eigenvalue weighted by molar-refractivity contribution is -0.152. The van der Waals surface area contributed by atoms with E-state index >= 15 is 0 Å². The molecule has 20 heavy (non-hydrogen) atoms. The lowest BCUT2D eigenvalue weighted by Crippen LogP contribution is -2.26. The summed E-state index contributed by atoms with van der Waals surface area (Å²) in [6.07, 6.45) is 4.86. The summed E-state index contributed by atoms with van der Waals surface area (Å²) in [6.45, 7) is 4.06. The first-order valence-electron chi connectivity index (χ1n) is 7.44. The van der Waals surface area contributed by atoms with Crippen LogP contribution in [0.4, 0.5) is 0 Å².